The van der Waals surface area contributed by atoms with Crippen LogP contribution in [0.5, 0.6) is 0 Å². The number of alkyl halides is 3. The second kappa shape index (κ2) is 12.1. The van der Waals surface area contributed by atoms with E-state index in [1.807, 2.05) is 10.00 Å². The number of imidazole rings is 1. The van der Waals surface area contributed by atoms with Crippen LogP contribution in [0.25, 0.3) is 22.8 Å². The monoisotopic (exact) mass is 668 g/mol. The highest BCUT2D eigenvalue weighted by molar-refractivity contribution is 6.33. The highest BCUT2D eigenvalue weighted by Gasteiger charge is 2.58. The topological polar surface area (TPSA) is 165 Å². The summed E-state index contributed by atoms with van der Waals surface area (Å²) in [5.74, 6) is -0.0199. The third-order valence-electron chi connectivity index (χ3n) is 8.86. The number of carbonyl (C=O) groups excluding carboxylic acids is 3. The number of piperidine rings is 1. The zero-order valence-corrected chi connectivity index (χ0v) is 25.4. The van der Waals surface area contributed by atoms with Gasteiger partial charge in [-0.05, 0) is 48.7 Å². The van der Waals surface area contributed by atoms with Crippen molar-refractivity contribution in [3.63, 3.8) is 0 Å². The lowest BCUT2D eigenvalue weighted by Crippen LogP contribution is -2.51. The fourth-order valence-electron chi connectivity index (χ4n) is 6.36. The third-order valence-corrected chi connectivity index (χ3v) is 9.17. The number of hydrogen-bond donors (Lipinski definition) is 4. The number of rotatable bonds is 7. The Labute approximate surface area is 270 Å². The number of amides is 3. The first kappa shape index (κ1) is 30.8. The molecule has 2 atom stereocenters. The smallest absolute Gasteiger partial charge is 0.345 e. The van der Waals surface area contributed by atoms with Crippen LogP contribution in [0, 0.1) is 17.8 Å². The van der Waals surface area contributed by atoms with E-state index in [0.29, 0.717) is 49.1 Å². The normalized spacial score (nSPS) is 20.6. The van der Waals surface area contributed by atoms with Gasteiger partial charge < -0.3 is 25.4 Å². The summed E-state index contributed by atoms with van der Waals surface area (Å²) in [5, 5.41) is 11.9. The summed E-state index contributed by atoms with van der Waals surface area (Å²) < 4.78 is 41.4. The molecule has 0 spiro atoms. The van der Waals surface area contributed by atoms with Crippen LogP contribution in [0.15, 0.2) is 42.9 Å². The molecule has 3 aliphatic rings. The van der Waals surface area contributed by atoms with Gasteiger partial charge in [-0.1, -0.05) is 17.7 Å². The number of hydrogen-bond acceptors (Lipinski definition) is 8. The van der Waals surface area contributed by atoms with Crippen LogP contribution in [0.2, 0.25) is 5.02 Å². The summed E-state index contributed by atoms with van der Waals surface area (Å²) >= 11 is 6.48. The molecule has 47 heavy (non-hydrogen) atoms. The summed E-state index contributed by atoms with van der Waals surface area (Å²) in [7, 11) is 0. The second-order valence-electron chi connectivity index (χ2n) is 11.7. The number of carbonyl (C=O) groups is 3. The molecule has 17 heteroatoms. The zero-order valence-electron chi connectivity index (χ0n) is 24.6. The number of benzene rings is 1. The molecule has 3 fully saturated rings. The lowest BCUT2D eigenvalue weighted by Gasteiger charge is -2.35. The summed E-state index contributed by atoms with van der Waals surface area (Å²) in [6.07, 6.45) is -0.939. The first-order valence-corrected chi connectivity index (χ1v) is 15.3. The largest absolute Gasteiger partial charge is 0.433 e. The third kappa shape index (κ3) is 5.93. The van der Waals surface area contributed by atoms with E-state index in [4.69, 9.17) is 11.6 Å². The number of halogens is 4. The molecule has 4 N–H and O–H groups in total. The van der Waals surface area contributed by atoms with Gasteiger partial charge in [0.2, 0.25) is 5.91 Å². The minimum Gasteiger partial charge on any atom is -0.345 e. The predicted octanol–water partition coefficient (Wildman–Crippen LogP) is 2.61. The number of fused-ring (bicyclic) bond motifs is 1. The van der Waals surface area contributed by atoms with Crippen molar-refractivity contribution in [3.8, 4) is 22.8 Å². The first-order valence-electron chi connectivity index (χ1n) is 14.9. The second-order valence-corrected chi connectivity index (χ2v) is 12.1. The number of aromatic nitrogens is 6. The van der Waals surface area contributed by atoms with Crippen molar-refractivity contribution >= 4 is 29.3 Å². The van der Waals surface area contributed by atoms with Gasteiger partial charge in [-0.25, -0.2) is 15.0 Å². The van der Waals surface area contributed by atoms with Gasteiger partial charge in [0, 0.05) is 51.0 Å². The first-order chi connectivity index (χ1) is 22.6. The van der Waals surface area contributed by atoms with Gasteiger partial charge in [0.25, 0.3) is 11.8 Å². The molecule has 1 saturated carbocycles. The van der Waals surface area contributed by atoms with Gasteiger partial charge in [-0.15, -0.1) is 0 Å². The van der Waals surface area contributed by atoms with E-state index < -0.39 is 17.8 Å². The Morgan fingerprint density at radius 2 is 1.70 bits per heavy atom. The van der Waals surface area contributed by atoms with Crippen molar-refractivity contribution in [3.05, 3.63) is 70.5 Å². The average molecular weight is 669 g/mol. The molecule has 4 aromatic rings. The Bertz CT molecular complexity index is 1830. The number of aromatic amines is 2. The van der Waals surface area contributed by atoms with Crippen LogP contribution < -0.4 is 10.6 Å². The van der Waals surface area contributed by atoms with Crippen LogP contribution >= 0.6 is 11.6 Å². The molecular weight excluding hydrogens is 641 g/mol. The van der Waals surface area contributed by atoms with E-state index in [9.17, 15) is 27.6 Å². The quantitative estimate of drug-likeness (QED) is 0.233. The molecular formula is C30H28ClF3N10O3. The van der Waals surface area contributed by atoms with Crippen molar-refractivity contribution in [2.75, 3.05) is 39.3 Å². The van der Waals surface area contributed by atoms with Gasteiger partial charge in [0.1, 0.15) is 11.4 Å². The fourth-order valence-corrected chi connectivity index (χ4v) is 6.64. The zero-order chi connectivity index (χ0) is 32.9. The van der Waals surface area contributed by atoms with Gasteiger partial charge >= 0.3 is 6.18 Å². The maximum atomic E-state index is 13.8. The van der Waals surface area contributed by atoms with Crippen LogP contribution in [0.4, 0.5) is 13.2 Å². The SMILES string of the molecule is O=C(NCc1ccc(C(=O)N2CCN(C(=O)C3C4CNCC43)CC2)c(Cl)c1)c1ncc(-c2c(-c3ncccn3)n[nH]c2C(F)(F)F)[nH]1. The van der Waals surface area contributed by atoms with Crippen LogP contribution in [0.3, 0.4) is 0 Å². The molecule has 2 saturated heterocycles. The molecule has 2 aliphatic heterocycles. The maximum Gasteiger partial charge on any atom is 0.433 e. The number of nitrogens with one attached hydrogen (secondary N) is 4. The Balaban J connectivity index is 0.972. The number of H-pyrrole nitrogens is 2. The lowest BCUT2D eigenvalue weighted by atomic mass is 10.1. The van der Waals surface area contributed by atoms with Crippen molar-refractivity contribution in [2.24, 2.45) is 17.8 Å². The summed E-state index contributed by atoms with van der Waals surface area (Å²) in [6, 6.07) is 6.31. The van der Waals surface area contributed by atoms with Gasteiger partial charge in [-0.3, -0.25) is 19.5 Å². The lowest BCUT2D eigenvalue weighted by molar-refractivity contribution is -0.140. The summed E-state index contributed by atoms with van der Waals surface area (Å²) in [4.78, 5) is 57.1. The van der Waals surface area contributed by atoms with Crippen LogP contribution in [-0.4, -0.2) is 96.9 Å². The Hall–Kier alpha value is -4.83. The molecule has 3 aromatic heterocycles. The minimum absolute atomic E-state index is 0.00509. The molecule has 244 valence electrons. The molecule has 3 amide bonds. The molecule has 1 aromatic carbocycles. The molecule has 1 aliphatic carbocycles. The highest BCUT2D eigenvalue weighted by Crippen LogP contribution is 2.49. The molecule has 5 heterocycles. The Morgan fingerprint density at radius 1 is 1.00 bits per heavy atom. The standard InChI is InChI=1S/C30H28ClF3N10O3/c31-19-10-15(2-3-16(19)28(46)43-6-8-44(9-7-43)29(47)21-17-12-35-13-18(17)21)11-39-27(45)26-38-14-20(40-26)22-23(25-36-4-1-5-37-25)41-42-24(22)30(32,33)34/h1-5,10,14,17-18,21,35H,6-9,11-13H2,(H,38,40)(H,39,45)(H,41,42). The van der Waals surface area contributed by atoms with Gasteiger partial charge in [0.15, 0.2) is 11.6 Å². The van der Waals surface area contributed by atoms with Crippen LogP contribution in [0.1, 0.15) is 32.2 Å². The number of nitrogens with zero attached hydrogens (tertiary/aromatic N) is 6. The number of piperazine rings is 1. The molecule has 7 rings (SSSR count). The van der Waals surface area contributed by atoms with E-state index >= 15 is 0 Å². The van der Waals surface area contributed by atoms with E-state index in [1.54, 1.807) is 23.1 Å². The van der Waals surface area contributed by atoms with Crippen molar-refractivity contribution in [1.29, 1.82) is 0 Å². The van der Waals surface area contributed by atoms with Crippen LogP contribution in [-0.2, 0) is 17.5 Å². The molecule has 13 nitrogen and oxygen atoms in total. The van der Waals surface area contributed by atoms with E-state index in [0.717, 1.165) is 19.3 Å². The highest BCUT2D eigenvalue weighted by atomic mass is 35.5. The maximum absolute atomic E-state index is 13.8. The minimum atomic E-state index is -4.78. The summed E-state index contributed by atoms with van der Waals surface area (Å²) in [5.41, 5.74) is -0.900. The molecule has 2 unspecified atom stereocenters. The molecule has 0 bridgehead atoms. The fraction of sp³-hybridized carbons (Fsp3) is 0.367. The Kier molecular flexibility index (Phi) is 7.91. The summed E-state index contributed by atoms with van der Waals surface area (Å²) in [6.45, 7) is 3.57. The van der Waals surface area contributed by atoms with E-state index in [1.165, 1.54) is 18.5 Å². The Morgan fingerprint density at radius 3 is 2.38 bits per heavy atom. The predicted molar refractivity (Wildman–Crippen MR) is 161 cm³/mol. The van der Waals surface area contributed by atoms with Crippen molar-refractivity contribution in [1.82, 2.24) is 50.6 Å². The van der Waals surface area contributed by atoms with Gasteiger partial charge in [0.05, 0.1) is 28.0 Å². The molecule has 0 radical (unpaired) electrons. The van der Waals surface area contributed by atoms with Gasteiger partial charge in [-0.2, -0.15) is 18.3 Å². The van der Waals surface area contributed by atoms with E-state index in [2.05, 4.69) is 35.7 Å². The van der Waals surface area contributed by atoms with Crippen molar-refractivity contribution < 1.29 is 27.6 Å². The van der Waals surface area contributed by atoms with E-state index in [-0.39, 0.29) is 57.9 Å². The average Bonchev–Trinajstić information content (AvgIpc) is 3.55. The van der Waals surface area contributed by atoms with Crippen molar-refractivity contribution in [2.45, 2.75) is 12.7 Å².